The Morgan fingerprint density at radius 3 is 2.27 bits per heavy atom. The molecule has 0 spiro atoms. The lowest BCUT2D eigenvalue weighted by Crippen LogP contribution is -2.32. The molecule has 1 atom stereocenters. The largest absolute Gasteiger partial charge is 0.386 e. The van der Waals surface area contributed by atoms with E-state index in [0.29, 0.717) is 0 Å². The van der Waals surface area contributed by atoms with E-state index in [1.54, 1.807) is 0 Å². The van der Waals surface area contributed by atoms with E-state index < -0.39 is 6.10 Å². The lowest BCUT2D eigenvalue weighted by molar-refractivity contribution is -0.135. The average Bonchev–Trinajstić information content (AvgIpc) is 1.86. The molecular weight excluding hydrogens is 140 g/mol. The third-order valence-corrected chi connectivity index (χ3v) is 1.92. The predicted molar refractivity (Wildman–Crippen MR) is 45.4 cm³/mol. The molecular formula is C9H18O2. The first-order valence-electron chi connectivity index (χ1n) is 4.14. The molecule has 0 aliphatic heterocycles. The van der Waals surface area contributed by atoms with Gasteiger partial charge in [-0.25, -0.2) is 0 Å². The minimum atomic E-state index is -0.823. The van der Waals surface area contributed by atoms with Crippen molar-refractivity contribution in [3.8, 4) is 0 Å². The number of aliphatic hydroxyl groups is 1. The third-order valence-electron chi connectivity index (χ3n) is 1.92. The summed E-state index contributed by atoms with van der Waals surface area (Å²) in [6, 6.07) is 0. The quantitative estimate of drug-likeness (QED) is 0.677. The van der Waals surface area contributed by atoms with Crippen LogP contribution in [-0.4, -0.2) is 17.0 Å². The Balaban J connectivity index is 4.17. The molecule has 0 aliphatic rings. The normalized spacial score (nSPS) is 14.6. The van der Waals surface area contributed by atoms with Gasteiger partial charge in [0.05, 0.1) is 0 Å². The van der Waals surface area contributed by atoms with Crippen molar-refractivity contribution in [2.24, 2.45) is 5.41 Å². The van der Waals surface area contributed by atoms with Crippen molar-refractivity contribution in [1.29, 1.82) is 0 Å². The fourth-order valence-corrected chi connectivity index (χ4v) is 1.31. The maximum atomic E-state index is 11.3. The van der Waals surface area contributed by atoms with Crippen LogP contribution in [0, 0.1) is 5.41 Å². The number of carbonyl (C=O) groups is 1. The van der Waals surface area contributed by atoms with Gasteiger partial charge in [-0.2, -0.15) is 0 Å². The second-order valence-electron chi connectivity index (χ2n) is 3.67. The molecule has 1 unspecified atom stereocenters. The molecule has 66 valence electrons. The minimum absolute atomic E-state index is 0.0562. The smallest absolute Gasteiger partial charge is 0.166 e. The number of carbonyl (C=O) groups excluding carboxylic acids is 1. The van der Waals surface area contributed by atoms with E-state index in [2.05, 4.69) is 0 Å². The van der Waals surface area contributed by atoms with E-state index in [9.17, 15) is 4.79 Å². The third kappa shape index (κ3) is 3.02. The number of Topliss-reactive ketones (excluding diaryl/α,β-unsaturated/α-hetero) is 1. The highest BCUT2D eigenvalue weighted by atomic mass is 16.3. The Kier molecular flexibility index (Phi) is 3.73. The number of hydrogen-bond acceptors (Lipinski definition) is 2. The summed E-state index contributed by atoms with van der Waals surface area (Å²) in [5.41, 5.74) is -0.358. The molecule has 0 saturated heterocycles. The molecule has 0 rings (SSSR count). The standard InChI is InChI=1S/C9H18O2/c1-5-6-9(3,4)8(11)7(2)10/h7,10H,5-6H2,1-4H3. The van der Waals surface area contributed by atoms with Gasteiger partial charge in [-0.1, -0.05) is 27.2 Å². The summed E-state index contributed by atoms with van der Waals surface area (Å²) in [5, 5.41) is 9.03. The molecule has 11 heavy (non-hydrogen) atoms. The van der Waals surface area contributed by atoms with Gasteiger partial charge < -0.3 is 5.11 Å². The monoisotopic (exact) mass is 158 g/mol. The van der Waals surface area contributed by atoms with Gasteiger partial charge in [-0.15, -0.1) is 0 Å². The number of hydrogen-bond donors (Lipinski definition) is 1. The number of rotatable bonds is 4. The van der Waals surface area contributed by atoms with E-state index in [1.807, 2.05) is 20.8 Å². The van der Waals surface area contributed by atoms with Crippen LogP contribution in [0.4, 0.5) is 0 Å². The molecule has 0 aromatic rings. The zero-order chi connectivity index (χ0) is 9.07. The number of ketones is 1. The Bertz CT molecular complexity index is 136. The fourth-order valence-electron chi connectivity index (χ4n) is 1.31. The van der Waals surface area contributed by atoms with E-state index in [-0.39, 0.29) is 11.2 Å². The maximum Gasteiger partial charge on any atom is 0.166 e. The molecule has 0 aliphatic carbocycles. The van der Waals surface area contributed by atoms with E-state index in [0.717, 1.165) is 12.8 Å². The Morgan fingerprint density at radius 1 is 1.55 bits per heavy atom. The van der Waals surface area contributed by atoms with Crippen LogP contribution in [0.2, 0.25) is 0 Å². The maximum absolute atomic E-state index is 11.3. The van der Waals surface area contributed by atoms with Crippen LogP contribution < -0.4 is 0 Å². The summed E-state index contributed by atoms with van der Waals surface area (Å²) in [6.45, 7) is 7.33. The van der Waals surface area contributed by atoms with Gasteiger partial charge in [0.25, 0.3) is 0 Å². The van der Waals surface area contributed by atoms with Crippen LogP contribution in [-0.2, 0) is 4.79 Å². The molecule has 2 heteroatoms. The van der Waals surface area contributed by atoms with E-state index in [1.165, 1.54) is 6.92 Å². The summed E-state index contributed by atoms with van der Waals surface area (Å²) in [6.07, 6.45) is 0.999. The Morgan fingerprint density at radius 2 is 2.00 bits per heavy atom. The topological polar surface area (TPSA) is 37.3 Å². The summed E-state index contributed by atoms with van der Waals surface area (Å²) < 4.78 is 0. The first kappa shape index (κ1) is 10.6. The van der Waals surface area contributed by atoms with Crippen molar-refractivity contribution in [3.63, 3.8) is 0 Å². The van der Waals surface area contributed by atoms with E-state index in [4.69, 9.17) is 5.11 Å². The van der Waals surface area contributed by atoms with Crippen LogP contribution in [0.1, 0.15) is 40.5 Å². The first-order chi connectivity index (χ1) is 4.91. The Labute approximate surface area is 68.6 Å². The van der Waals surface area contributed by atoms with Crippen molar-refractivity contribution in [2.45, 2.75) is 46.6 Å². The second kappa shape index (κ2) is 3.86. The molecule has 0 radical (unpaired) electrons. The van der Waals surface area contributed by atoms with Gasteiger partial charge in [-0.3, -0.25) is 4.79 Å². The zero-order valence-corrected chi connectivity index (χ0v) is 7.85. The highest BCUT2D eigenvalue weighted by Crippen LogP contribution is 2.24. The molecule has 0 fully saturated rings. The molecule has 0 saturated carbocycles. The van der Waals surface area contributed by atoms with Gasteiger partial charge in [-0.05, 0) is 13.3 Å². The van der Waals surface area contributed by atoms with Crippen LogP contribution in [0.25, 0.3) is 0 Å². The van der Waals surface area contributed by atoms with Crippen molar-refractivity contribution in [1.82, 2.24) is 0 Å². The molecule has 0 aromatic heterocycles. The lowest BCUT2D eigenvalue weighted by Gasteiger charge is -2.23. The first-order valence-corrected chi connectivity index (χ1v) is 4.14. The van der Waals surface area contributed by atoms with Crippen molar-refractivity contribution >= 4 is 5.78 Å². The summed E-state index contributed by atoms with van der Waals surface area (Å²) in [7, 11) is 0. The van der Waals surface area contributed by atoms with Crippen molar-refractivity contribution in [3.05, 3.63) is 0 Å². The Hall–Kier alpha value is -0.370. The van der Waals surface area contributed by atoms with Crippen molar-refractivity contribution in [2.75, 3.05) is 0 Å². The summed E-state index contributed by atoms with van der Waals surface area (Å²) in [4.78, 5) is 11.3. The summed E-state index contributed by atoms with van der Waals surface area (Å²) >= 11 is 0. The molecule has 0 heterocycles. The van der Waals surface area contributed by atoms with Gasteiger partial charge in [0.15, 0.2) is 5.78 Å². The van der Waals surface area contributed by atoms with Crippen LogP contribution in [0.15, 0.2) is 0 Å². The minimum Gasteiger partial charge on any atom is -0.386 e. The van der Waals surface area contributed by atoms with Gasteiger partial charge in [0, 0.05) is 5.41 Å². The molecule has 0 amide bonds. The van der Waals surface area contributed by atoms with E-state index >= 15 is 0 Å². The lowest BCUT2D eigenvalue weighted by atomic mass is 9.81. The molecule has 0 bridgehead atoms. The second-order valence-corrected chi connectivity index (χ2v) is 3.67. The predicted octanol–water partition coefficient (Wildman–Crippen LogP) is 1.76. The van der Waals surface area contributed by atoms with Gasteiger partial charge in [0.2, 0.25) is 0 Å². The number of aliphatic hydroxyl groups excluding tert-OH is 1. The fraction of sp³-hybridized carbons (Fsp3) is 0.889. The summed E-state index contributed by atoms with van der Waals surface area (Å²) in [5.74, 6) is -0.0562. The highest BCUT2D eigenvalue weighted by Gasteiger charge is 2.29. The van der Waals surface area contributed by atoms with Crippen LogP contribution in [0.5, 0.6) is 0 Å². The average molecular weight is 158 g/mol. The van der Waals surface area contributed by atoms with Crippen LogP contribution >= 0.6 is 0 Å². The van der Waals surface area contributed by atoms with Crippen molar-refractivity contribution < 1.29 is 9.90 Å². The highest BCUT2D eigenvalue weighted by molar-refractivity contribution is 5.87. The van der Waals surface area contributed by atoms with Crippen LogP contribution in [0.3, 0.4) is 0 Å². The zero-order valence-electron chi connectivity index (χ0n) is 7.85. The molecule has 1 N–H and O–H groups in total. The molecule has 0 aromatic carbocycles. The molecule has 2 nitrogen and oxygen atoms in total. The van der Waals surface area contributed by atoms with Gasteiger partial charge >= 0.3 is 0 Å². The van der Waals surface area contributed by atoms with Gasteiger partial charge in [0.1, 0.15) is 6.10 Å². The SMILES string of the molecule is CCCC(C)(C)C(=O)C(C)O.